The minimum absolute atomic E-state index is 0.0208. The van der Waals surface area contributed by atoms with Crippen molar-refractivity contribution in [3.63, 3.8) is 0 Å². The van der Waals surface area contributed by atoms with Crippen molar-refractivity contribution in [2.45, 2.75) is 26.3 Å². The lowest BCUT2D eigenvalue weighted by Gasteiger charge is -2.11. The molecule has 0 unspecified atom stereocenters. The van der Waals surface area contributed by atoms with Gasteiger partial charge in [0, 0.05) is 37.2 Å². The Morgan fingerprint density at radius 1 is 1.44 bits per heavy atom. The van der Waals surface area contributed by atoms with Crippen molar-refractivity contribution in [1.82, 2.24) is 0 Å². The topological polar surface area (TPSA) is 43.1 Å². The van der Waals surface area contributed by atoms with Crippen LogP contribution in [0.5, 0.6) is 0 Å². The SMILES string of the molecule is CC(=O)C(C)(C)N.II. The van der Waals surface area contributed by atoms with Crippen LogP contribution in [0.15, 0.2) is 0 Å². The van der Waals surface area contributed by atoms with Gasteiger partial charge in [0.2, 0.25) is 0 Å². The summed E-state index contributed by atoms with van der Waals surface area (Å²) in [4.78, 5) is 10.3. The van der Waals surface area contributed by atoms with E-state index >= 15 is 0 Å². The van der Waals surface area contributed by atoms with Crippen LogP contribution >= 0.6 is 37.2 Å². The molecule has 56 valence electrons. The van der Waals surface area contributed by atoms with E-state index in [9.17, 15) is 4.79 Å². The third-order valence-electron chi connectivity index (χ3n) is 0.907. The highest BCUT2D eigenvalue weighted by Gasteiger charge is 2.15. The van der Waals surface area contributed by atoms with Gasteiger partial charge in [0.25, 0.3) is 0 Å². The van der Waals surface area contributed by atoms with Crippen LogP contribution in [-0.2, 0) is 4.79 Å². The van der Waals surface area contributed by atoms with E-state index in [1.165, 1.54) is 6.92 Å². The number of nitrogens with two attached hydrogens (primary N) is 1. The fourth-order valence-corrected chi connectivity index (χ4v) is 0. The highest BCUT2D eigenvalue weighted by atomic mass is 128. The van der Waals surface area contributed by atoms with Gasteiger partial charge in [0.05, 0.1) is 5.54 Å². The zero-order valence-corrected chi connectivity index (χ0v) is 10.1. The van der Waals surface area contributed by atoms with Crippen LogP contribution in [0, 0.1) is 0 Å². The third-order valence-corrected chi connectivity index (χ3v) is 0.907. The average molecular weight is 355 g/mol. The van der Waals surface area contributed by atoms with E-state index in [2.05, 4.69) is 37.2 Å². The molecule has 0 fully saturated rings. The summed E-state index contributed by atoms with van der Waals surface area (Å²) in [5.74, 6) is 0.0208. The van der Waals surface area contributed by atoms with Crippen molar-refractivity contribution in [3.05, 3.63) is 0 Å². The second-order valence-electron chi connectivity index (χ2n) is 2.28. The number of carbonyl (C=O) groups excluding carboxylic acids is 1. The van der Waals surface area contributed by atoms with Crippen LogP contribution < -0.4 is 5.73 Å². The van der Waals surface area contributed by atoms with Crippen molar-refractivity contribution in [1.29, 1.82) is 0 Å². The molecule has 9 heavy (non-hydrogen) atoms. The lowest BCUT2D eigenvalue weighted by atomic mass is 10.0. The monoisotopic (exact) mass is 355 g/mol. The van der Waals surface area contributed by atoms with Gasteiger partial charge < -0.3 is 5.73 Å². The number of Topliss-reactive ketones (excluding diaryl/α,β-unsaturated/α-hetero) is 1. The molecule has 0 aromatic heterocycles. The summed E-state index contributed by atoms with van der Waals surface area (Å²) in [6.45, 7) is 4.87. The summed E-state index contributed by atoms with van der Waals surface area (Å²) in [5.41, 5.74) is 4.69. The van der Waals surface area contributed by atoms with Gasteiger partial charge in [-0.15, -0.1) is 0 Å². The van der Waals surface area contributed by atoms with Crippen molar-refractivity contribution >= 4 is 43.0 Å². The van der Waals surface area contributed by atoms with Crippen LogP contribution in [0.1, 0.15) is 20.8 Å². The van der Waals surface area contributed by atoms with E-state index in [0.717, 1.165) is 0 Å². The summed E-state index contributed by atoms with van der Waals surface area (Å²) in [6.07, 6.45) is 0. The Kier molecular flexibility index (Phi) is 8.27. The molecular weight excluding hydrogens is 344 g/mol. The number of rotatable bonds is 1. The molecule has 0 rings (SSSR count). The highest BCUT2D eigenvalue weighted by molar-refractivity contribution is 15.0. The van der Waals surface area contributed by atoms with Crippen LogP contribution in [-0.4, -0.2) is 11.3 Å². The zero-order chi connectivity index (χ0) is 8.08. The zero-order valence-electron chi connectivity index (χ0n) is 5.74. The Bertz CT molecular complexity index is 87.4. The molecule has 0 aromatic carbocycles. The molecular formula is C5H11I2NO. The summed E-state index contributed by atoms with van der Waals surface area (Å²) >= 11 is 4.24. The first kappa shape index (κ1) is 12.7. The fourth-order valence-electron chi connectivity index (χ4n) is 0. The summed E-state index contributed by atoms with van der Waals surface area (Å²) in [7, 11) is 0. The fraction of sp³-hybridized carbons (Fsp3) is 0.800. The number of carbonyl (C=O) groups is 1. The Morgan fingerprint density at radius 3 is 1.56 bits per heavy atom. The quantitative estimate of drug-likeness (QED) is 0.733. The minimum Gasteiger partial charge on any atom is -0.319 e. The van der Waals surface area contributed by atoms with E-state index in [4.69, 9.17) is 5.73 Å². The van der Waals surface area contributed by atoms with Gasteiger partial charge in [-0.3, -0.25) is 4.79 Å². The highest BCUT2D eigenvalue weighted by Crippen LogP contribution is 1.95. The molecule has 0 atom stereocenters. The first-order chi connectivity index (χ1) is 3.94. The number of ketones is 1. The maximum Gasteiger partial charge on any atom is 0.149 e. The maximum atomic E-state index is 10.3. The van der Waals surface area contributed by atoms with Crippen LogP contribution in [0.2, 0.25) is 0 Å². The molecule has 2 N–H and O–H groups in total. The first-order valence-corrected chi connectivity index (χ1v) is 8.67. The van der Waals surface area contributed by atoms with Gasteiger partial charge in [0.15, 0.2) is 0 Å². The molecule has 0 saturated heterocycles. The largest absolute Gasteiger partial charge is 0.319 e. The molecule has 0 saturated carbocycles. The average Bonchev–Trinajstić information content (AvgIpc) is 1.69. The van der Waals surface area contributed by atoms with E-state index in [-0.39, 0.29) is 5.78 Å². The molecule has 0 aliphatic carbocycles. The van der Waals surface area contributed by atoms with Crippen LogP contribution in [0.25, 0.3) is 0 Å². The molecule has 0 bridgehead atoms. The summed E-state index contributed by atoms with van der Waals surface area (Å²) in [6, 6.07) is 0. The number of hydrogen-bond acceptors (Lipinski definition) is 2. The smallest absolute Gasteiger partial charge is 0.149 e. The molecule has 0 aliphatic heterocycles. The van der Waals surface area contributed by atoms with Gasteiger partial charge in [-0.25, -0.2) is 0 Å². The van der Waals surface area contributed by atoms with Crippen LogP contribution in [0.3, 0.4) is 0 Å². The molecule has 2 nitrogen and oxygen atoms in total. The lowest BCUT2D eigenvalue weighted by Crippen LogP contribution is -2.39. The summed E-state index contributed by atoms with van der Waals surface area (Å²) in [5, 5.41) is 0. The number of halogens is 2. The first-order valence-electron chi connectivity index (χ1n) is 2.39. The number of hydrogen-bond donors (Lipinski definition) is 1. The minimum atomic E-state index is -0.639. The van der Waals surface area contributed by atoms with Crippen molar-refractivity contribution in [2.24, 2.45) is 5.73 Å². The Hall–Kier alpha value is 1.09. The van der Waals surface area contributed by atoms with Crippen molar-refractivity contribution in [2.75, 3.05) is 0 Å². The normalized spacial score (nSPS) is 9.56. The second kappa shape index (κ2) is 5.84. The molecule has 4 heteroatoms. The molecule has 0 spiro atoms. The predicted molar refractivity (Wildman–Crippen MR) is 57.0 cm³/mol. The van der Waals surface area contributed by atoms with Crippen molar-refractivity contribution < 1.29 is 4.79 Å². The van der Waals surface area contributed by atoms with Gasteiger partial charge in [-0.1, -0.05) is 0 Å². The maximum absolute atomic E-state index is 10.3. The molecule has 0 radical (unpaired) electrons. The summed E-state index contributed by atoms with van der Waals surface area (Å²) < 4.78 is 0. The predicted octanol–water partition coefficient (Wildman–Crippen LogP) is 2.08. The Labute approximate surface area is 79.3 Å². The Balaban J connectivity index is 0. The van der Waals surface area contributed by atoms with E-state index in [0.29, 0.717) is 0 Å². The van der Waals surface area contributed by atoms with Gasteiger partial charge in [0.1, 0.15) is 5.78 Å². The third kappa shape index (κ3) is 9.09. The standard InChI is InChI=1S/C5H11NO.I2/c1-4(7)5(2,3)6;1-2/h6H2,1-3H3;. The van der Waals surface area contributed by atoms with Gasteiger partial charge in [-0.2, -0.15) is 0 Å². The molecule has 0 heterocycles. The Morgan fingerprint density at radius 2 is 1.56 bits per heavy atom. The van der Waals surface area contributed by atoms with Gasteiger partial charge >= 0.3 is 0 Å². The van der Waals surface area contributed by atoms with Crippen molar-refractivity contribution in [3.8, 4) is 0 Å². The van der Waals surface area contributed by atoms with E-state index in [1.54, 1.807) is 13.8 Å². The van der Waals surface area contributed by atoms with E-state index < -0.39 is 5.54 Å². The van der Waals surface area contributed by atoms with E-state index in [1.807, 2.05) is 0 Å². The van der Waals surface area contributed by atoms with Crippen LogP contribution in [0.4, 0.5) is 0 Å². The second-order valence-corrected chi connectivity index (χ2v) is 2.28. The molecule has 0 aliphatic rings. The molecule has 0 aromatic rings. The lowest BCUT2D eigenvalue weighted by molar-refractivity contribution is -0.120. The van der Waals surface area contributed by atoms with Gasteiger partial charge in [-0.05, 0) is 20.8 Å². The molecule has 0 amide bonds.